The van der Waals surface area contributed by atoms with Gasteiger partial charge in [-0.2, -0.15) is 10.2 Å². The van der Waals surface area contributed by atoms with Crippen LogP contribution in [0.3, 0.4) is 0 Å². The highest BCUT2D eigenvalue weighted by Gasteiger charge is 2.21. The number of carbonyl (C=O) groups is 2. The molecule has 1 aliphatic heterocycles. The lowest BCUT2D eigenvalue weighted by Gasteiger charge is -2.34. The van der Waals surface area contributed by atoms with Crippen molar-refractivity contribution in [2.75, 3.05) is 44.6 Å². The van der Waals surface area contributed by atoms with Crippen molar-refractivity contribution in [1.29, 1.82) is 0 Å². The molecule has 0 spiro atoms. The third-order valence-corrected chi connectivity index (χ3v) is 4.54. The normalized spacial score (nSPS) is 14.7. The van der Waals surface area contributed by atoms with Gasteiger partial charge in [0.25, 0.3) is 0 Å². The number of hydrogen-bond acceptors (Lipinski definition) is 5. The number of azo groups is 1. The molecule has 0 saturated carbocycles. The highest BCUT2D eigenvalue weighted by Crippen LogP contribution is 2.20. The van der Waals surface area contributed by atoms with E-state index in [1.165, 1.54) is 0 Å². The first-order chi connectivity index (χ1) is 14.1. The summed E-state index contributed by atoms with van der Waals surface area (Å²) in [5, 5.41) is 14.1. The Morgan fingerprint density at radius 3 is 2.14 bits per heavy atom. The predicted molar refractivity (Wildman–Crippen MR) is 113 cm³/mol. The van der Waals surface area contributed by atoms with E-state index in [1.807, 2.05) is 66.4 Å². The molecule has 152 valence electrons. The Bertz CT molecular complexity index is 830. The SMILES string of the molecule is CCNC(=O)N1CCN(CC(=O)Nc2ccc(N=Nc3ccccc3)cc2)CC1. The van der Waals surface area contributed by atoms with E-state index in [0.29, 0.717) is 45.0 Å². The molecule has 0 aromatic heterocycles. The van der Waals surface area contributed by atoms with Crippen LogP contribution < -0.4 is 10.6 Å². The van der Waals surface area contributed by atoms with E-state index < -0.39 is 0 Å². The molecule has 2 N–H and O–H groups in total. The molecule has 1 fully saturated rings. The lowest BCUT2D eigenvalue weighted by Crippen LogP contribution is -2.52. The van der Waals surface area contributed by atoms with Crippen molar-refractivity contribution in [3.05, 3.63) is 54.6 Å². The molecule has 0 unspecified atom stereocenters. The molecule has 1 saturated heterocycles. The Hall–Kier alpha value is -3.26. The summed E-state index contributed by atoms with van der Waals surface area (Å²) in [7, 11) is 0. The fourth-order valence-electron chi connectivity index (χ4n) is 3.00. The number of anilines is 1. The minimum atomic E-state index is -0.0740. The number of carbonyl (C=O) groups excluding carboxylic acids is 2. The van der Waals surface area contributed by atoms with E-state index in [9.17, 15) is 9.59 Å². The van der Waals surface area contributed by atoms with E-state index >= 15 is 0 Å². The average molecular weight is 394 g/mol. The van der Waals surface area contributed by atoms with Gasteiger partial charge in [-0.1, -0.05) is 18.2 Å². The summed E-state index contributed by atoms with van der Waals surface area (Å²) in [6, 6.07) is 16.7. The zero-order chi connectivity index (χ0) is 20.5. The highest BCUT2D eigenvalue weighted by molar-refractivity contribution is 5.92. The largest absolute Gasteiger partial charge is 0.338 e. The molecular formula is C21H26N6O2. The quantitative estimate of drug-likeness (QED) is 0.736. The van der Waals surface area contributed by atoms with Crippen LogP contribution in [-0.2, 0) is 4.79 Å². The average Bonchev–Trinajstić information content (AvgIpc) is 2.74. The maximum absolute atomic E-state index is 12.3. The standard InChI is InChI=1S/C21H26N6O2/c1-2-22-21(29)27-14-12-26(13-15-27)16-20(28)23-17-8-10-19(11-9-17)25-24-18-6-4-3-5-7-18/h3-11H,2,12-16H2,1H3,(H,22,29)(H,23,28). The molecule has 29 heavy (non-hydrogen) atoms. The van der Waals surface area contributed by atoms with Crippen LogP contribution in [0, 0.1) is 0 Å². The maximum Gasteiger partial charge on any atom is 0.317 e. The molecule has 1 heterocycles. The molecule has 1 aliphatic rings. The third kappa shape index (κ3) is 6.39. The third-order valence-electron chi connectivity index (χ3n) is 4.54. The first kappa shape index (κ1) is 20.5. The number of nitrogens with zero attached hydrogens (tertiary/aromatic N) is 4. The number of rotatable bonds is 6. The van der Waals surface area contributed by atoms with Crippen LogP contribution in [0.5, 0.6) is 0 Å². The van der Waals surface area contributed by atoms with Crippen molar-refractivity contribution >= 4 is 29.0 Å². The Kier molecular flexibility index (Phi) is 7.29. The number of amides is 3. The van der Waals surface area contributed by atoms with Crippen molar-refractivity contribution in [2.24, 2.45) is 10.2 Å². The predicted octanol–water partition coefficient (Wildman–Crippen LogP) is 3.39. The van der Waals surface area contributed by atoms with Crippen molar-refractivity contribution in [3.8, 4) is 0 Å². The smallest absolute Gasteiger partial charge is 0.317 e. The zero-order valence-corrected chi connectivity index (χ0v) is 16.5. The summed E-state index contributed by atoms with van der Waals surface area (Å²) in [4.78, 5) is 28.0. The molecule has 0 bridgehead atoms. The van der Waals surface area contributed by atoms with Crippen LogP contribution in [0.25, 0.3) is 0 Å². The van der Waals surface area contributed by atoms with E-state index in [-0.39, 0.29) is 11.9 Å². The first-order valence-corrected chi connectivity index (χ1v) is 9.76. The molecule has 0 atom stereocenters. The Morgan fingerprint density at radius 1 is 0.897 bits per heavy atom. The minimum Gasteiger partial charge on any atom is -0.338 e. The number of hydrogen-bond donors (Lipinski definition) is 2. The highest BCUT2D eigenvalue weighted by atomic mass is 16.2. The molecular weight excluding hydrogens is 368 g/mol. The summed E-state index contributed by atoms with van der Waals surface area (Å²) >= 11 is 0. The molecule has 8 nitrogen and oxygen atoms in total. The van der Waals surface area contributed by atoms with Gasteiger partial charge in [-0.05, 0) is 43.3 Å². The fraction of sp³-hybridized carbons (Fsp3) is 0.333. The van der Waals surface area contributed by atoms with Gasteiger partial charge in [-0.3, -0.25) is 9.69 Å². The van der Waals surface area contributed by atoms with Gasteiger partial charge in [0.1, 0.15) is 0 Å². The van der Waals surface area contributed by atoms with Gasteiger partial charge >= 0.3 is 6.03 Å². The van der Waals surface area contributed by atoms with E-state index in [2.05, 4.69) is 20.9 Å². The van der Waals surface area contributed by atoms with Gasteiger partial charge in [0, 0.05) is 38.4 Å². The number of urea groups is 1. The summed E-state index contributed by atoms with van der Waals surface area (Å²) < 4.78 is 0. The second kappa shape index (κ2) is 10.3. The summed E-state index contributed by atoms with van der Waals surface area (Å²) in [5.41, 5.74) is 2.22. The van der Waals surface area contributed by atoms with Gasteiger partial charge in [-0.15, -0.1) is 0 Å². The topological polar surface area (TPSA) is 89.4 Å². The van der Waals surface area contributed by atoms with E-state index in [0.717, 1.165) is 11.4 Å². The van der Waals surface area contributed by atoms with Crippen molar-refractivity contribution in [1.82, 2.24) is 15.1 Å². The molecule has 3 rings (SSSR count). The zero-order valence-electron chi connectivity index (χ0n) is 16.5. The van der Waals surface area contributed by atoms with Gasteiger partial charge < -0.3 is 15.5 Å². The van der Waals surface area contributed by atoms with Crippen LogP contribution in [0.15, 0.2) is 64.8 Å². The summed E-state index contributed by atoms with van der Waals surface area (Å²) in [6.45, 7) is 5.44. The number of benzene rings is 2. The van der Waals surface area contributed by atoms with Gasteiger partial charge in [0.2, 0.25) is 5.91 Å². The first-order valence-electron chi connectivity index (χ1n) is 9.76. The van der Waals surface area contributed by atoms with Crippen LogP contribution in [0.4, 0.5) is 21.9 Å². The lowest BCUT2D eigenvalue weighted by atomic mass is 10.2. The Labute approximate surface area is 170 Å². The van der Waals surface area contributed by atoms with Crippen LogP contribution in [-0.4, -0.2) is 61.0 Å². The molecule has 0 aliphatic carbocycles. The van der Waals surface area contributed by atoms with Crippen LogP contribution >= 0.6 is 0 Å². The van der Waals surface area contributed by atoms with Gasteiger partial charge in [-0.25, -0.2) is 4.79 Å². The summed E-state index contributed by atoms with van der Waals surface area (Å²) in [6.07, 6.45) is 0. The second-order valence-corrected chi connectivity index (χ2v) is 6.73. The Morgan fingerprint density at radius 2 is 1.52 bits per heavy atom. The number of nitrogens with one attached hydrogen (secondary N) is 2. The van der Waals surface area contributed by atoms with Gasteiger partial charge in [0.15, 0.2) is 0 Å². The molecule has 0 radical (unpaired) electrons. The van der Waals surface area contributed by atoms with E-state index in [4.69, 9.17) is 0 Å². The second-order valence-electron chi connectivity index (χ2n) is 6.73. The molecule has 2 aromatic carbocycles. The monoisotopic (exact) mass is 394 g/mol. The fourth-order valence-corrected chi connectivity index (χ4v) is 3.00. The van der Waals surface area contributed by atoms with Crippen LogP contribution in [0.2, 0.25) is 0 Å². The van der Waals surface area contributed by atoms with Crippen molar-refractivity contribution in [3.63, 3.8) is 0 Å². The molecule has 2 aromatic rings. The summed E-state index contributed by atoms with van der Waals surface area (Å²) in [5.74, 6) is -0.0740. The molecule has 3 amide bonds. The Balaban J connectivity index is 1.44. The molecule has 8 heteroatoms. The lowest BCUT2D eigenvalue weighted by molar-refractivity contribution is -0.117. The maximum atomic E-state index is 12.3. The minimum absolute atomic E-state index is 0.0406. The van der Waals surface area contributed by atoms with E-state index in [1.54, 1.807) is 4.90 Å². The van der Waals surface area contributed by atoms with Crippen LogP contribution in [0.1, 0.15) is 6.92 Å². The van der Waals surface area contributed by atoms with Crippen molar-refractivity contribution < 1.29 is 9.59 Å². The number of piperazine rings is 1. The van der Waals surface area contributed by atoms with Crippen molar-refractivity contribution in [2.45, 2.75) is 6.92 Å². The van der Waals surface area contributed by atoms with Gasteiger partial charge in [0.05, 0.1) is 17.9 Å².